The topological polar surface area (TPSA) is 178 Å². The van der Waals surface area contributed by atoms with Gasteiger partial charge in [0.2, 0.25) is 5.95 Å². The summed E-state index contributed by atoms with van der Waals surface area (Å²) in [6.07, 6.45) is 12.6. The molecule has 0 unspecified atom stereocenters. The maximum absolute atomic E-state index is 9.72. The Morgan fingerprint density at radius 3 is 2.27 bits per heavy atom. The Bertz CT molecular complexity index is 1740. The quantitative estimate of drug-likeness (QED) is 0.114. The van der Waals surface area contributed by atoms with Gasteiger partial charge in [-0.25, -0.2) is 19.6 Å². The molecular formula is C38H52N10O7. The Morgan fingerprint density at radius 2 is 1.60 bits per heavy atom. The molecule has 1 N–H and O–H groups in total. The van der Waals surface area contributed by atoms with Crippen LogP contribution in [0.4, 0.5) is 11.6 Å². The van der Waals surface area contributed by atoms with E-state index in [0.717, 1.165) is 63.1 Å². The molecule has 17 nitrogen and oxygen atoms in total. The zero-order chi connectivity index (χ0) is 38.1. The van der Waals surface area contributed by atoms with Crippen LogP contribution in [0.1, 0.15) is 44.2 Å². The number of anilines is 2. The number of ether oxygens (including phenoxy) is 7. The van der Waals surface area contributed by atoms with Crippen molar-refractivity contribution in [3.8, 4) is 28.8 Å². The Balaban J connectivity index is 1.06. The summed E-state index contributed by atoms with van der Waals surface area (Å²) in [4.78, 5) is 15.8. The van der Waals surface area contributed by atoms with Gasteiger partial charge in [-0.2, -0.15) is 10.4 Å². The molecule has 1 aromatic carbocycles. The standard InChI is InChI=1S/C38H52N10O7/c1-29(25-47-28-40-27-43-47)55-36-21-30(3-4-31(36)22-39)32-23-41-38(42-24-32)44-35-26-48(34-7-5-33(6-8-34)46-9-11-50-12-10-46)45-37(35)54-20-19-53-18-17-52-16-15-51-14-13-49-2/h3-4,21,23-24,26-29,33-34H,5-20,25H2,1-2H3,(H,41,42,44)/t29-,33?,34?/m0/s1. The molecule has 3 aromatic heterocycles. The van der Waals surface area contributed by atoms with Crippen LogP contribution in [0.15, 0.2) is 49.4 Å². The van der Waals surface area contributed by atoms with E-state index < -0.39 is 0 Å². The van der Waals surface area contributed by atoms with Gasteiger partial charge < -0.3 is 38.5 Å². The van der Waals surface area contributed by atoms with E-state index in [9.17, 15) is 5.26 Å². The fraction of sp³-hybridized carbons (Fsp3) is 0.579. The van der Waals surface area contributed by atoms with Crippen LogP contribution in [0, 0.1) is 11.3 Å². The molecule has 0 radical (unpaired) electrons. The molecule has 1 aliphatic carbocycles. The molecule has 1 saturated heterocycles. The van der Waals surface area contributed by atoms with E-state index in [0.29, 0.717) is 94.3 Å². The first-order chi connectivity index (χ1) is 27.1. The van der Waals surface area contributed by atoms with Gasteiger partial charge in [0.05, 0.1) is 83.8 Å². The number of hydrogen-bond acceptors (Lipinski definition) is 15. The van der Waals surface area contributed by atoms with Gasteiger partial charge in [-0.1, -0.05) is 6.07 Å². The molecular weight excluding hydrogens is 708 g/mol. The van der Waals surface area contributed by atoms with Crippen molar-refractivity contribution >= 4 is 11.6 Å². The number of methoxy groups -OCH3 is 1. The lowest BCUT2D eigenvalue weighted by Gasteiger charge is -2.38. The molecule has 1 aliphatic heterocycles. The number of benzene rings is 1. The maximum Gasteiger partial charge on any atom is 0.257 e. The summed E-state index contributed by atoms with van der Waals surface area (Å²) in [5.74, 6) is 1.34. The minimum absolute atomic E-state index is 0.244. The molecule has 4 heterocycles. The fourth-order valence-electron chi connectivity index (χ4n) is 6.66. The lowest BCUT2D eigenvalue weighted by Crippen LogP contribution is -2.45. The first kappa shape index (κ1) is 40.0. The molecule has 4 aromatic rings. The van der Waals surface area contributed by atoms with E-state index in [1.807, 2.05) is 29.9 Å². The zero-order valence-corrected chi connectivity index (χ0v) is 31.8. The van der Waals surface area contributed by atoms with Gasteiger partial charge in [0.1, 0.15) is 42.9 Å². The fourth-order valence-corrected chi connectivity index (χ4v) is 6.66. The summed E-state index contributed by atoms with van der Waals surface area (Å²) in [7, 11) is 1.65. The molecule has 6 rings (SSSR count). The number of nitrogens with one attached hydrogen (secondary N) is 1. The number of nitriles is 1. The third kappa shape index (κ3) is 12.1. The van der Waals surface area contributed by atoms with Crippen LogP contribution < -0.4 is 14.8 Å². The maximum atomic E-state index is 9.72. The van der Waals surface area contributed by atoms with Crippen LogP contribution in [0.3, 0.4) is 0 Å². The molecule has 0 bridgehead atoms. The first-order valence-electron chi connectivity index (χ1n) is 19.0. The number of nitrogens with zero attached hydrogens (tertiary/aromatic N) is 9. The van der Waals surface area contributed by atoms with Crippen molar-refractivity contribution < 1.29 is 33.2 Å². The molecule has 17 heteroatoms. The average Bonchev–Trinajstić information content (AvgIpc) is 3.89. The Morgan fingerprint density at radius 1 is 0.909 bits per heavy atom. The third-order valence-corrected chi connectivity index (χ3v) is 9.52. The van der Waals surface area contributed by atoms with Crippen LogP contribution in [0.25, 0.3) is 11.1 Å². The molecule has 2 fully saturated rings. The molecule has 1 saturated carbocycles. The van der Waals surface area contributed by atoms with Crippen molar-refractivity contribution in [3.05, 3.63) is 55.0 Å². The van der Waals surface area contributed by atoms with E-state index >= 15 is 0 Å². The van der Waals surface area contributed by atoms with Crippen LogP contribution >= 0.6 is 0 Å². The number of hydrogen-bond donors (Lipinski definition) is 1. The highest BCUT2D eigenvalue weighted by Gasteiger charge is 2.29. The van der Waals surface area contributed by atoms with E-state index in [4.69, 9.17) is 38.3 Å². The number of aromatic nitrogens is 7. The van der Waals surface area contributed by atoms with Gasteiger partial charge in [0.15, 0.2) is 0 Å². The summed E-state index contributed by atoms with van der Waals surface area (Å²) in [6.45, 7) is 9.79. The Kier molecular flexibility index (Phi) is 15.6. The van der Waals surface area contributed by atoms with Gasteiger partial charge >= 0.3 is 0 Å². The highest BCUT2D eigenvalue weighted by molar-refractivity contribution is 5.67. The van der Waals surface area contributed by atoms with Crippen LogP contribution in [-0.4, -0.2) is 138 Å². The summed E-state index contributed by atoms with van der Waals surface area (Å²) in [5, 5.41) is 22.1. The number of morpholine rings is 1. The van der Waals surface area contributed by atoms with Gasteiger partial charge in [-0.15, -0.1) is 5.10 Å². The summed E-state index contributed by atoms with van der Waals surface area (Å²) < 4.78 is 43.2. The molecule has 2 aliphatic rings. The predicted octanol–water partition coefficient (Wildman–Crippen LogP) is 3.91. The predicted molar refractivity (Wildman–Crippen MR) is 201 cm³/mol. The monoisotopic (exact) mass is 760 g/mol. The van der Waals surface area contributed by atoms with Crippen molar-refractivity contribution in [3.63, 3.8) is 0 Å². The second-order valence-corrected chi connectivity index (χ2v) is 13.4. The second-order valence-electron chi connectivity index (χ2n) is 13.4. The van der Waals surface area contributed by atoms with Crippen molar-refractivity contribution in [2.45, 2.75) is 57.3 Å². The second kappa shape index (κ2) is 21.4. The van der Waals surface area contributed by atoms with Crippen molar-refractivity contribution in [1.29, 1.82) is 5.26 Å². The van der Waals surface area contributed by atoms with Crippen molar-refractivity contribution in [2.75, 3.05) is 91.6 Å². The summed E-state index contributed by atoms with van der Waals surface area (Å²) >= 11 is 0. The Hall–Kier alpha value is -4.70. The van der Waals surface area contributed by atoms with Crippen LogP contribution in [-0.2, 0) is 30.2 Å². The summed E-state index contributed by atoms with van der Waals surface area (Å²) in [5.41, 5.74) is 2.70. The molecule has 55 heavy (non-hydrogen) atoms. The largest absolute Gasteiger partial charge is 0.487 e. The van der Waals surface area contributed by atoms with E-state index in [1.165, 1.54) is 6.33 Å². The lowest BCUT2D eigenvalue weighted by atomic mass is 9.90. The SMILES string of the molecule is COCCOCCOCCOCCOc1nn(C2CCC(N3CCOCC3)CC2)cc1Nc1ncc(-c2ccc(C#N)c(O[C@@H](C)Cn3cncn3)c2)cn1. The average molecular weight is 761 g/mol. The highest BCUT2D eigenvalue weighted by atomic mass is 16.6. The molecule has 296 valence electrons. The molecule has 0 amide bonds. The van der Waals surface area contributed by atoms with E-state index in [2.05, 4.69) is 36.3 Å². The van der Waals surface area contributed by atoms with Crippen molar-refractivity contribution in [1.82, 2.24) is 39.4 Å². The van der Waals surface area contributed by atoms with E-state index in [-0.39, 0.29) is 12.1 Å². The van der Waals surface area contributed by atoms with Gasteiger partial charge in [-0.3, -0.25) is 9.58 Å². The van der Waals surface area contributed by atoms with Gasteiger partial charge in [0.25, 0.3) is 5.88 Å². The lowest BCUT2D eigenvalue weighted by molar-refractivity contribution is -0.0000652. The number of rotatable bonds is 22. The molecule has 1 atom stereocenters. The van der Waals surface area contributed by atoms with Gasteiger partial charge in [0, 0.05) is 44.2 Å². The van der Waals surface area contributed by atoms with Crippen molar-refractivity contribution in [2.24, 2.45) is 0 Å². The molecule has 0 spiro atoms. The highest BCUT2D eigenvalue weighted by Crippen LogP contribution is 2.35. The Labute approximate surface area is 321 Å². The third-order valence-electron chi connectivity index (χ3n) is 9.52. The first-order valence-corrected chi connectivity index (χ1v) is 19.0. The summed E-state index contributed by atoms with van der Waals surface area (Å²) in [6, 6.07) is 8.49. The van der Waals surface area contributed by atoms with Crippen LogP contribution in [0.5, 0.6) is 11.6 Å². The van der Waals surface area contributed by atoms with E-state index in [1.54, 1.807) is 36.6 Å². The zero-order valence-electron chi connectivity index (χ0n) is 31.8. The van der Waals surface area contributed by atoms with Gasteiger partial charge in [-0.05, 0) is 50.3 Å². The van der Waals surface area contributed by atoms with Crippen LogP contribution in [0.2, 0.25) is 0 Å². The minimum Gasteiger partial charge on any atom is -0.487 e. The smallest absolute Gasteiger partial charge is 0.257 e. The minimum atomic E-state index is -0.244. The normalized spacial score (nSPS) is 18.1.